The van der Waals surface area contributed by atoms with Crippen LogP contribution in [-0.2, 0) is 0 Å². The van der Waals surface area contributed by atoms with Crippen molar-refractivity contribution in [1.82, 2.24) is 9.88 Å². The second-order valence-electron chi connectivity index (χ2n) is 4.74. The van der Waals surface area contributed by atoms with Gasteiger partial charge in [0.2, 0.25) is 0 Å². The zero-order valence-electron chi connectivity index (χ0n) is 10.9. The Labute approximate surface area is 112 Å². The number of rotatable bonds is 5. The fourth-order valence-electron chi connectivity index (χ4n) is 2.55. The van der Waals surface area contributed by atoms with Crippen LogP contribution >= 0.6 is 0 Å². The molecule has 1 fully saturated rings. The summed E-state index contributed by atoms with van der Waals surface area (Å²) in [6.07, 6.45) is 5.84. The van der Waals surface area contributed by atoms with Gasteiger partial charge in [0.15, 0.2) is 0 Å². The number of nitrogens with two attached hydrogens (primary N) is 1. The molecule has 6 nitrogen and oxygen atoms in total. The van der Waals surface area contributed by atoms with E-state index in [-0.39, 0.29) is 18.6 Å². The first-order valence-corrected chi connectivity index (χ1v) is 6.60. The molecule has 0 saturated heterocycles. The number of pyridine rings is 1. The van der Waals surface area contributed by atoms with E-state index in [9.17, 15) is 4.79 Å². The van der Waals surface area contributed by atoms with Crippen LogP contribution in [0.2, 0.25) is 0 Å². The fraction of sp³-hybridized carbons (Fsp3) is 0.538. The van der Waals surface area contributed by atoms with Gasteiger partial charge in [-0.05, 0) is 25.0 Å². The first kappa shape index (κ1) is 13.8. The minimum Gasteiger partial charge on any atom is -0.395 e. The van der Waals surface area contributed by atoms with E-state index in [1.807, 2.05) is 0 Å². The summed E-state index contributed by atoms with van der Waals surface area (Å²) in [7, 11) is 0. The maximum atomic E-state index is 12.4. The van der Waals surface area contributed by atoms with Crippen LogP contribution < -0.4 is 11.3 Å². The van der Waals surface area contributed by atoms with Crippen molar-refractivity contribution < 1.29 is 9.90 Å². The minimum absolute atomic E-state index is 0.0158. The SMILES string of the molecule is NNc1ccc(C(=O)N(CCO)C2CCCC2)cn1. The molecule has 6 heteroatoms. The van der Waals surface area contributed by atoms with Crippen LogP contribution in [0.3, 0.4) is 0 Å². The molecule has 1 saturated carbocycles. The lowest BCUT2D eigenvalue weighted by molar-refractivity contribution is 0.0637. The Morgan fingerprint density at radius 1 is 1.47 bits per heavy atom. The Morgan fingerprint density at radius 3 is 2.74 bits per heavy atom. The van der Waals surface area contributed by atoms with E-state index in [0.717, 1.165) is 25.7 Å². The number of anilines is 1. The average Bonchev–Trinajstić information content (AvgIpc) is 2.98. The van der Waals surface area contributed by atoms with Crippen molar-refractivity contribution in [2.75, 3.05) is 18.6 Å². The summed E-state index contributed by atoms with van der Waals surface area (Å²) in [6.45, 7) is 0.360. The average molecular weight is 264 g/mol. The van der Waals surface area contributed by atoms with E-state index in [1.54, 1.807) is 17.0 Å². The number of nitrogens with zero attached hydrogens (tertiary/aromatic N) is 2. The standard InChI is InChI=1S/C13H20N4O2/c14-16-12-6-5-10(9-15-12)13(19)17(7-8-18)11-3-1-2-4-11/h5-6,9,11,18H,1-4,7-8,14H2,(H,15,16). The molecule has 1 aliphatic carbocycles. The smallest absolute Gasteiger partial charge is 0.255 e. The van der Waals surface area contributed by atoms with Gasteiger partial charge in [-0.3, -0.25) is 4.79 Å². The van der Waals surface area contributed by atoms with E-state index in [1.165, 1.54) is 6.20 Å². The highest BCUT2D eigenvalue weighted by atomic mass is 16.3. The third-order valence-corrected chi connectivity index (χ3v) is 3.53. The van der Waals surface area contributed by atoms with Crippen molar-refractivity contribution in [3.05, 3.63) is 23.9 Å². The normalized spacial score (nSPS) is 15.5. The van der Waals surface area contributed by atoms with Crippen molar-refractivity contribution in [3.63, 3.8) is 0 Å². The van der Waals surface area contributed by atoms with Crippen LogP contribution in [0, 0.1) is 0 Å². The lowest BCUT2D eigenvalue weighted by atomic mass is 10.1. The predicted octanol–water partition coefficient (Wildman–Crippen LogP) is 0.744. The number of carbonyl (C=O) groups excluding carboxylic acids is 1. The molecular formula is C13H20N4O2. The number of aliphatic hydroxyl groups is 1. The highest BCUT2D eigenvalue weighted by Gasteiger charge is 2.27. The van der Waals surface area contributed by atoms with Gasteiger partial charge in [-0.2, -0.15) is 0 Å². The van der Waals surface area contributed by atoms with Crippen molar-refractivity contribution >= 4 is 11.7 Å². The van der Waals surface area contributed by atoms with Gasteiger partial charge in [0, 0.05) is 18.8 Å². The molecule has 4 N–H and O–H groups in total. The van der Waals surface area contributed by atoms with Gasteiger partial charge in [0.25, 0.3) is 5.91 Å². The maximum absolute atomic E-state index is 12.4. The van der Waals surface area contributed by atoms with E-state index in [2.05, 4.69) is 10.4 Å². The maximum Gasteiger partial charge on any atom is 0.255 e. The van der Waals surface area contributed by atoms with E-state index >= 15 is 0 Å². The second-order valence-corrected chi connectivity index (χ2v) is 4.74. The number of nitrogens with one attached hydrogen (secondary N) is 1. The molecular weight excluding hydrogens is 244 g/mol. The number of hydrazine groups is 1. The molecule has 0 unspecified atom stereocenters. The monoisotopic (exact) mass is 264 g/mol. The second kappa shape index (κ2) is 6.49. The number of aromatic nitrogens is 1. The number of hydrogen-bond donors (Lipinski definition) is 3. The molecule has 0 aliphatic heterocycles. The molecule has 0 bridgehead atoms. The van der Waals surface area contributed by atoms with Crippen molar-refractivity contribution in [1.29, 1.82) is 0 Å². The summed E-state index contributed by atoms with van der Waals surface area (Å²) < 4.78 is 0. The summed E-state index contributed by atoms with van der Waals surface area (Å²) in [5, 5.41) is 9.14. The predicted molar refractivity (Wildman–Crippen MR) is 72.4 cm³/mol. The number of nitrogen functional groups attached to an aromatic ring is 1. The summed E-state index contributed by atoms with van der Waals surface area (Å²) >= 11 is 0. The summed E-state index contributed by atoms with van der Waals surface area (Å²) in [6, 6.07) is 3.61. The van der Waals surface area contributed by atoms with Crippen LogP contribution in [0.4, 0.5) is 5.82 Å². The lowest BCUT2D eigenvalue weighted by Gasteiger charge is -2.28. The minimum atomic E-state index is -0.0722. The van der Waals surface area contributed by atoms with Crippen LogP contribution in [0.25, 0.3) is 0 Å². The zero-order chi connectivity index (χ0) is 13.7. The molecule has 1 aromatic heterocycles. The first-order chi connectivity index (χ1) is 9.26. The van der Waals surface area contributed by atoms with Gasteiger partial charge in [-0.25, -0.2) is 10.8 Å². The Bertz CT molecular complexity index is 415. The summed E-state index contributed by atoms with van der Waals surface area (Å²) in [5.74, 6) is 5.69. The lowest BCUT2D eigenvalue weighted by Crippen LogP contribution is -2.40. The van der Waals surface area contributed by atoms with Crippen molar-refractivity contribution in [3.8, 4) is 0 Å². The Hall–Kier alpha value is -1.66. The van der Waals surface area contributed by atoms with E-state index in [4.69, 9.17) is 10.9 Å². The van der Waals surface area contributed by atoms with Crippen molar-refractivity contribution in [2.45, 2.75) is 31.7 Å². The van der Waals surface area contributed by atoms with Gasteiger partial charge in [-0.1, -0.05) is 12.8 Å². The Morgan fingerprint density at radius 2 is 2.21 bits per heavy atom. The molecule has 0 aromatic carbocycles. The summed E-state index contributed by atoms with van der Waals surface area (Å²) in [4.78, 5) is 18.2. The largest absolute Gasteiger partial charge is 0.395 e. The topological polar surface area (TPSA) is 91.5 Å². The Kier molecular flexibility index (Phi) is 4.70. The molecule has 1 heterocycles. The third-order valence-electron chi connectivity index (χ3n) is 3.53. The van der Waals surface area contributed by atoms with Gasteiger partial charge < -0.3 is 15.4 Å². The molecule has 1 aliphatic rings. The molecule has 1 amide bonds. The number of amides is 1. The van der Waals surface area contributed by atoms with Crippen LogP contribution in [0.15, 0.2) is 18.3 Å². The highest BCUT2D eigenvalue weighted by Crippen LogP contribution is 2.24. The van der Waals surface area contributed by atoms with E-state index in [0.29, 0.717) is 17.9 Å². The summed E-state index contributed by atoms with van der Waals surface area (Å²) in [5.41, 5.74) is 2.95. The van der Waals surface area contributed by atoms with Crippen LogP contribution in [0.5, 0.6) is 0 Å². The van der Waals surface area contributed by atoms with Gasteiger partial charge in [-0.15, -0.1) is 0 Å². The number of hydrogen-bond acceptors (Lipinski definition) is 5. The quantitative estimate of drug-likeness (QED) is 0.539. The Balaban J connectivity index is 2.12. The molecule has 2 rings (SSSR count). The molecule has 1 aromatic rings. The number of aliphatic hydroxyl groups excluding tert-OH is 1. The molecule has 104 valence electrons. The van der Waals surface area contributed by atoms with Gasteiger partial charge in [0.1, 0.15) is 5.82 Å². The van der Waals surface area contributed by atoms with Crippen LogP contribution in [-0.4, -0.2) is 40.1 Å². The zero-order valence-corrected chi connectivity index (χ0v) is 10.9. The first-order valence-electron chi connectivity index (χ1n) is 6.60. The number of carbonyl (C=O) groups is 1. The third kappa shape index (κ3) is 3.21. The van der Waals surface area contributed by atoms with Gasteiger partial charge >= 0.3 is 0 Å². The van der Waals surface area contributed by atoms with Crippen LogP contribution in [0.1, 0.15) is 36.0 Å². The van der Waals surface area contributed by atoms with Crippen molar-refractivity contribution in [2.24, 2.45) is 5.84 Å². The van der Waals surface area contributed by atoms with Gasteiger partial charge in [0.05, 0.1) is 12.2 Å². The molecule has 0 atom stereocenters. The highest BCUT2D eigenvalue weighted by molar-refractivity contribution is 5.94. The molecule has 19 heavy (non-hydrogen) atoms. The fourth-order valence-corrected chi connectivity index (χ4v) is 2.55. The molecule has 0 radical (unpaired) electrons. The van der Waals surface area contributed by atoms with E-state index < -0.39 is 0 Å². The molecule has 0 spiro atoms.